The highest BCUT2D eigenvalue weighted by Crippen LogP contribution is 2.23. The van der Waals surface area contributed by atoms with Crippen LogP contribution in [0.2, 0.25) is 5.02 Å². The SMILES string of the molecule is O=C(CCc1nc(-c2ccc(Cl)cc2)no1)N1CCC(Oc2ccc(F)cc2F)CC1. The van der Waals surface area contributed by atoms with E-state index in [2.05, 4.69) is 10.1 Å². The van der Waals surface area contributed by atoms with Crippen LogP contribution in [0.4, 0.5) is 8.78 Å². The van der Waals surface area contributed by atoms with Crippen molar-refractivity contribution < 1.29 is 22.8 Å². The first-order valence-corrected chi connectivity index (χ1v) is 10.3. The van der Waals surface area contributed by atoms with Crippen molar-refractivity contribution in [1.29, 1.82) is 0 Å². The second kappa shape index (κ2) is 9.43. The Hall–Kier alpha value is -3.00. The zero-order chi connectivity index (χ0) is 21.8. The summed E-state index contributed by atoms with van der Waals surface area (Å²) >= 11 is 5.88. The molecule has 0 atom stereocenters. The third-order valence-corrected chi connectivity index (χ3v) is 5.36. The number of piperidine rings is 1. The van der Waals surface area contributed by atoms with Gasteiger partial charge in [0.15, 0.2) is 11.6 Å². The van der Waals surface area contributed by atoms with Crippen LogP contribution in [-0.2, 0) is 11.2 Å². The Bertz CT molecular complexity index is 1050. The second-order valence-corrected chi connectivity index (χ2v) is 7.73. The molecular weight excluding hydrogens is 428 g/mol. The Kier molecular flexibility index (Phi) is 6.46. The number of likely N-dealkylation sites (tertiary alicyclic amines) is 1. The average Bonchev–Trinajstić information content (AvgIpc) is 3.24. The van der Waals surface area contributed by atoms with Gasteiger partial charge in [0.25, 0.3) is 0 Å². The summed E-state index contributed by atoms with van der Waals surface area (Å²) in [5.41, 5.74) is 0.783. The van der Waals surface area contributed by atoms with Gasteiger partial charge in [0.05, 0.1) is 0 Å². The van der Waals surface area contributed by atoms with Crippen LogP contribution in [0.15, 0.2) is 47.0 Å². The molecule has 162 valence electrons. The molecule has 1 aliphatic rings. The summed E-state index contributed by atoms with van der Waals surface area (Å²) in [7, 11) is 0. The maximum Gasteiger partial charge on any atom is 0.227 e. The number of hydrogen-bond acceptors (Lipinski definition) is 5. The van der Waals surface area contributed by atoms with Gasteiger partial charge in [0.1, 0.15) is 11.9 Å². The van der Waals surface area contributed by atoms with Crippen LogP contribution < -0.4 is 4.74 Å². The number of rotatable bonds is 6. The molecule has 1 aromatic heterocycles. The summed E-state index contributed by atoms with van der Waals surface area (Å²) in [5, 5.41) is 4.56. The second-order valence-electron chi connectivity index (χ2n) is 7.29. The van der Waals surface area contributed by atoms with E-state index in [1.165, 1.54) is 6.07 Å². The van der Waals surface area contributed by atoms with Crippen LogP contribution in [0, 0.1) is 11.6 Å². The van der Waals surface area contributed by atoms with Gasteiger partial charge in [0.2, 0.25) is 17.6 Å². The Labute approximate surface area is 182 Å². The molecule has 1 aliphatic heterocycles. The van der Waals surface area contributed by atoms with Crippen molar-refractivity contribution >= 4 is 17.5 Å². The largest absolute Gasteiger partial charge is 0.487 e. The molecule has 2 aromatic carbocycles. The number of aryl methyl sites for hydroxylation is 1. The zero-order valence-electron chi connectivity index (χ0n) is 16.6. The molecule has 4 rings (SSSR count). The van der Waals surface area contributed by atoms with Crippen molar-refractivity contribution in [3.8, 4) is 17.1 Å². The topological polar surface area (TPSA) is 68.5 Å². The van der Waals surface area contributed by atoms with E-state index < -0.39 is 11.6 Å². The molecule has 0 saturated carbocycles. The van der Waals surface area contributed by atoms with Gasteiger partial charge in [-0.15, -0.1) is 0 Å². The molecule has 0 N–H and O–H groups in total. The van der Waals surface area contributed by atoms with Crippen molar-refractivity contribution in [2.24, 2.45) is 0 Å². The fourth-order valence-corrected chi connectivity index (χ4v) is 3.54. The van der Waals surface area contributed by atoms with Crippen LogP contribution >= 0.6 is 11.6 Å². The van der Waals surface area contributed by atoms with Crippen molar-refractivity contribution in [2.45, 2.75) is 31.8 Å². The molecule has 2 heterocycles. The van der Waals surface area contributed by atoms with Gasteiger partial charge in [-0.05, 0) is 36.4 Å². The number of carbonyl (C=O) groups is 1. The first-order valence-electron chi connectivity index (χ1n) is 9.96. The van der Waals surface area contributed by atoms with Gasteiger partial charge in [-0.2, -0.15) is 4.98 Å². The van der Waals surface area contributed by atoms with Crippen molar-refractivity contribution in [3.63, 3.8) is 0 Å². The lowest BCUT2D eigenvalue weighted by Gasteiger charge is -2.32. The molecule has 0 spiro atoms. The van der Waals surface area contributed by atoms with E-state index in [-0.39, 0.29) is 24.2 Å². The molecular formula is C22H20ClF2N3O3. The zero-order valence-corrected chi connectivity index (χ0v) is 17.3. The van der Waals surface area contributed by atoms with Gasteiger partial charge < -0.3 is 14.2 Å². The van der Waals surface area contributed by atoms with Gasteiger partial charge >= 0.3 is 0 Å². The normalized spacial score (nSPS) is 14.6. The lowest BCUT2D eigenvalue weighted by molar-refractivity contribution is -0.133. The van der Waals surface area contributed by atoms with Crippen LogP contribution in [0.25, 0.3) is 11.4 Å². The molecule has 1 saturated heterocycles. The van der Waals surface area contributed by atoms with E-state index in [0.29, 0.717) is 49.1 Å². The molecule has 0 unspecified atom stereocenters. The third-order valence-electron chi connectivity index (χ3n) is 5.11. The predicted molar refractivity (Wildman–Crippen MR) is 110 cm³/mol. The average molecular weight is 448 g/mol. The molecule has 0 radical (unpaired) electrons. The molecule has 6 nitrogen and oxygen atoms in total. The standard InChI is InChI=1S/C22H20ClF2N3O3/c23-15-3-1-14(2-4-15)22-26-20(31-27-22)7-8-21(29)28-11-9-17(10-12-28)30-19-6-5-16(24)13-18(19)25/h1-6,13,17H,7-12H2. The molecule has 0 bridgehead atoms. The van der Waals surface area contributed by atoms with Crippen molar-refractivity contribution in [1.82, 2.24) is 15.0 Å². The number of ether oxygens (including phenoxy) is 1. The number of aromatic nitrogens is 2. The maximum atomic E-state index is 13.7. The van der Waals surface area contributed by atoms with E-state index in [0.717, 1.165) is 17.7 Å². The van der Waals surface area contributed by atoms with Crippen LogP contribution in [0.3, 0.4) is 0 Å². The summed E-state index contributed by atoms with van der Waals surface area (Å²) in [5.74, 6) is -0.520. The monoisotopic (exact) mass is 447 g/mol. The lowest BCUT2D eigenvalue weighted by Crippen LogP contribution is -2.41. The molecule has 0 aliphatic carbocycles. The molecule has 1 amide bonds. The molecule has 3 aromatic rings. The van der Waals surface area contributed by atoms with Gasteiger partial charge in [-0.25, -0.2) is 8.78 Å². The fraction of sp³-hybridized carbons (Fsp3) is 0.318. The minimum atomic E-state index is -0.726. The quantitative estimate of drug-likeness (QED) is 0.549. The minimum absolute atomic E-state index is 0.0161. The Balaban J connectivity index is 1.24. The van der Waals surface area contributed by atoms with Crippen LogP contribution in [-0.4, -0.2) is 40.1 Å². The van der Waals surface area contributed by atoms with Crippen LogP contribution in [0.5, 0.6) is 5.75 Å². The highest BCUT2D eigenvalue weighted by Gasteiger charge is 2.25. The maximum absolute atomic E-state index is 13.7. The first-order chi connectivity index (χ1) is 15.0. The number of hydrogen-bond donors (Lipinski definition) is 0. The van der Waals surface area contributed by atoms with E-state index in [1.807, 2.05) is 0 Å². The molecule has 31 heavy (non-hydrogen) atoms. The number of nitrogens with zero attached hydrogens (tertiary/aromatic N) is 3. The number of carbonyl (C=O) groups excluding carboxylic acids is 1. The van der Waals surface area contributed by atoms with E-state index in [9.17, 15) is 13.6 Å². The minimum Gasteiger partial charge on any atom is -0.487 e. The highest BCUT2D eigenvalue weighted by atomic mass is 35.5. The summed E-state index contributed by atoms with van der Waals surface area (Å²) < 4.78 is 37.6. The van der Waals surface area contributed by atoms with E-state index in [1.54, 1.807) is 29.2 Å². The summed E-state index contributed by atoms with van der Waals surface area (Å²) in [4.78, 5) is 18.6. The lowest BCUT2D eigenvalue weighted by atomic mass is 10.1. The van der Waals surface area contributed by atoms with Gasteiger partial charge in [-0.1, -0.05) is 16.8 Å². The Morgan fingerprint density at radius 2 is 1.90 bits per heavy atom. The number of halogens is 3. The highest BCUT2D eigenvalue weighted by molar-refractivity contribution is 6.30. The summed E-state index contributed by atoms with van der Waals surface area (Å²) in [6.45, 7) is 1.01. The Morgan fingerprint density at radius 3 is 2.61 bits per heavy atom. The van der Waals surface area contributed by atoms with Gasteiger partial charge in [-0.3, -0.25) is 4.79 Å². The Morgan fingerprint density at radius 1 is 1.16 bits per heavy atom. The summed E-state index contributed by atoms with van der Waals surface area (Å²) in [6.07, 6.45) is 1.52. The molecule has 9 heteroatoms. The predicted octanol–water partition coefficient (Wildman–Crippen LogP) is 4.67. The first kappa shape index (κ1) is 21.2. The number of amides is 1. The van der Waals surface area contributed by atoms with Crippen molar-refractivity contribution in [2.75, 3.05) is 13.1 Å². The third kappa shape index (κ3) is 5.38. The van der Waals surface area contributed by atoms with E-state index >= 15 is 0 Å². The summed E-state index contributed by atoms with van der Waals surface area (Å²) in [6, 6.07) is 10.3. The van der Waals surface area contributed by atoms with Crippen molar-refractivity contribution in [3.05, 3.63) is 65.0 Å². The van der Waals surface area contributed by atoms with Crippen LogP contribution in [0.1, 0.15) is 25.2 Å². The fourth-order valence-electron chi connectivity index (χ4n) is 3.42. The number of benzene rings is 2. The van der Waals surface area contributed by atoms with E-state index in [4.69, 9.17) is 20.9 Å². The van der Waals surface area contributed by atoms with Gasteiger partial charge in [0, 0.05) is 55.4 Å². The molecule has 1 fully saturated rings. The smallest absolute Gasteiger partial charge is 0.227 e.